The Balaban J connectivity index is 1.32. The maximum absolute atomic E-state index is 12.7. The highest BCUT2D eigenvalue weighted by molar-refractivity contribution is 6.30. The number of piperidine rings is 2. The molecule has 0 aromatic heterocycles. The standard InChI is InChI=1S/C21H28ClN3O2/c22-17-6-8-18(9-7-17)25-14-16(12-20(25)26)21(27)23-13-15-4-3-11-24-10-2-1-5-19(15)24/h6-9,15-16,19H,1-5,10-14H2,(H,23,27)/t15-,16+,19+/m0/s1. The number of carbonyl (C=O) groups is 2. The number of halogens is 1. The predicted octanol–water partition coefficient (Wildman–Crippen LogP) is 3.07. The number of hydrogen-bond acceptors (Lipinski definition) is 3. The largest absolute Gasteiger partial charge is 0.355 e. The highest BCUT2D eigenvalue weighted by Gasteiger charge is 2.37. The lowest BCUT2D eigenvalue weighted by Crippen LogP contribution is -2.51. The Hall–Kier alpha value is -1.59. The molecule has 0 aliphatic carbocycles. The molecule has 0 spiro atoms. The Morgan fingerprint density at radius 2 is 1.89 bits per heavy atom. The van der Waals surface area contributed by atoms with Gasteiger partial charge in [-0.25, -0.2) is 0 Å². The molecule has 0 saturated carbocycles. The number of fused-ring (bicyclic) bond motifs is 1. The summed E-state index contributed by atoms with van der Waals surface area (Å²) in [6, 6.07) is 7.84. The van der Waals surface area contributed by atoms with E-state index in [0.29, 0.717) is 23.5 Å². The topological polar surface area (TPSA) is 52.7 Å². The zero-order valence-electron chi connectivity index (χ0n) is 15.7. The lowest BCUT2D eigenvalue weighted by atomic mass is 9.83. The van der Waals surface area contributed by atoms with Crippen molar-refractivity contribution in [2.45, 2.75) is 44.6 Å². The lowest BCUT2D eigenvalue weighted by molar-refractivity contribution is -0.126. The number of amides is 2. The van der Waals surface area contributed by atoms with Gasteiger partial charge in [0.1, 0.15) is 0 Å². The Kier molecular flexibility index (Phi) is 5.69. The van der Waals surface area contributed by atoms with E-state index in [2.05, 4.69) is 10.2 Å². The van der Waals surface area contributed by atoms with Crippen molar-refractivity contribution in [1.82, 2.24) is 10.2 Å². The predicted molar refractivity (Wildman–Crippen MR) is 107 cm³/mol. The molecular formula is C21H28ClN3O2. The van der Waals surface area contributed by atoms with E-state index in [9.17, 15) is 9.59 Å². The van der Waals surface area contributed by atoms with E-state index in [4.69, 9.17) is 11.6 Å². The van der Waals surface area contributed by atoms with Gasteiger partial charge in [0.2, 0.25) is 11.8 Å². The third kappa shape index (κ3) is 4.14. The number of benzene rings is 1. The number of rotatable bonds is 4. The minimum atomic E-state index is -0.265. The average molecular weight is 390 g/mol. The Morgan fingerprint density at radius 3 is 2.70 bits per heavy atom. The van der Waals surface area contributed by atoms with Crippen LogP contribution < -0.4 is 10.2 Å². The van der Waals surface area contributed by atoms with E-state index in [1.807, 2.05) is 12.1 Å². The second-order valence-corrected chi connectivity index (χ2v) is 8.56. The summed E-state index contributed by atoms with van der Waals surface area (Å²) in [4.78, 5) is 29.4. The molecule has 3 atom stereocenters. The van der Waals surface area contributed by atoms with Gasteiger partial charge in [0.15, 0.2) is 0 Å². The molecule has 1 aromatic carbocycles. The van der Waals surface area contributed by atoms with E-state index in [1.165, 1.54) is 45.2 Å². The van der Waals surface area contributed by atoms with E-state index in [0.717, 1.165) is 12.2 Å². The molecule has 0 unspecified atom stereocenters. The van der Waals surface area contributed by atoms with Crippen molar-refractivity contribution in [1.29, 1.82) is 0 Å². The molecule has 0 bridgehead atoms. The second kappa shape index (κ2) is 8.19. The Bertz CT molecular complexity index is 691. The molecule has 3 saturated heterocycles. The van der Waals surface area contributed by atoms with Crippen LogP contribution in [0.25, 0.3) is 0 Å². The van der Waals surface area contributed by atoms with Gasteiger partial charge in [-0.1, -0.05) is 18.0 Å². The molecule has 6 heteroatoms. The highest BCUT2D eigenvalue weighted by Crippen LogP contribution is 2.31. The van der Waals surface area contributed by atoms with Crippen LogP contribution in [0.15, 0.2) is 24.3 Å². The molecule has 1 aromatic rings. The van der Waals surface area contributed by atoms with Gasteiger partial charge in [0.05, 0.1) is 5.92 Å². The Labute approximate surface area is 166 Å². The van der Waals surface area contributed by atoms with Gasteiger partial charge in [-0.2, -0.15) is 0 Å². The lowest BCUT2D eigenvalue weighted by Gasteiger charge is -2.44. The molecule has 3 aliphatic rings. The third-order valence-corrected chi connectivity index (χ3v) is 6.65. The smallest absolute Gasteiger partial charge is 0.227 e. The van der Waals surface area contributed by atoms with E-state index in [1.54, 1.807) is 17.0 Å². The van der Waals surface area contributed by atoms with Crippen molar-refractivity contribution in [2.75, 3.05) is 31.1 Å². The molecule has 4 rings (SSSR count). The van der Waals surface area contributed by atoms with Gasteiger partial charge in [-0.15, -0.1) is 0 Å². The summed E-state index contributed by atoms with van der Waals surface area (Å²) in [5.41, 5.74) is 0.810. The molecule has 2 amide bonds. The quantitative estimate of drug-likeness (QED) is 0.861. The first-order valence-electron chi connectivity index (χ1n) is 10.2. The fourth-order valence-corrected chi connectivity index (χ4v) is 5.07. The number of carbonyl (C=O) groups excluding carboxylic acids is 2. The fraction of sp³-hybridized carbons (Fsp3) is 0.619. The first-order chi connectivity index (χ1) is 13.1. The number of anilines is 1. The van der Waals surface area contributed by atoms with Crippen LogP contribution in [0.5, 0.6) is 0 Å². The summed E-state index contributed by atoms with van der Waals surface area (Å²) in [6.07, 6.45) is 6.58. The zero-order chi connectivity index (χ0) is 18.8. The maximum Gasteiger partial charge on any atom is 0.227 e. The van der Waals surface area contributed by atoms with Crippen molar-refractivity contribution in [3.8, 4) is 0 Å². The number of hydrogen-bond donors (Lipinski definition) is 1. The normalized spacial score (nSPS) is 28.9. The first kappa shape index (κ1) is 18.8. The maximum atomic E-state index is 12.7. The minimum Gasteiger partial charge on any atom is -0.355 e. The van der Waals surface area contributed by atoms with Crippen molar-refractivity contribution < 1.29 is 9.59 Å². The van der Waals surface area contributed by atoms with Crippen LogP contribution >= 0.6 is 11.6 Å². The van der Waals surface area contributed by atoms with Crippen molar-refractivity contribution in [3.05, 3.63) is 29.3 Å². The van der Waals surface area contributed by atoms with Gasteiger partial charge in [0.25, 0.3) is 0 Å². The Morgan fingerprint density at radius 1 is 1.11 bits per heavy atom. The molecule has 146 valence electrons. The van der Waals surface area contributed by atoms with E-state index in [-0.39, 0.29) is 24.2 Å². The highest BCUT2D eigenvalue weighted by atomic mass is 35.5. The van der Waals surface area contributed by atoms with Crippen LogP contribution in [0, 0.1) is 11.8 Å². The molecule has 27 heavy (non-hydrogen) atoms. The summed E-state index contributed by atoms with van der Waals surface area (Å²) >= 11 is 5.93. The van der Waals surface area contributed by atoms with E-state index < -0.39 is 0 Å². The summed E-state index contributed by atoms with van der Waals surface area (Å²) in [6.45, 7) is 3.61. The van der Waals surface area contributed by atoms with Crippen molar-refractivity contribution in [2.24, 2.45) is 11.8 Å². The van der Waals surface area contributed by atoms with Gasteiger partial charge < -0.3 is 15.1 Å². The summed E-state index contributed by atoms with van der Waals surface area (Å²) in [5, 5.41) is 3.81. The summed E-state index contributed by atoms with van der Waals surface area (Å²) < 4.78 is 0. The van der Waals surface area contributed by atoms with Crippen LogP contribution in [-0.4, -0.2) is 48.9 Å². The zero-order valence-corrected chi connectivity index (χ0v) is 16.5. The number of nitrogens with one attached hydrogen (secondary N) is 1. The van der Waals surface area contributed by atoms with Crippen molar-refractivity contribution >= 4 is 29.1 Å². The fourth-order valence-electron chi connectivity index (χ4n) is 4.95. The van der Waals surface area contributed by atoms with Gasteiger partial charge in [-0.05, 0) is 69.0 Å². The van der Waals surface area contributed by atoms with Crippen LogP contribution in [-0.2, 0) is 9.59 Å². The first-order valence-corrected chi connectivity index (χ1v) is 10.6. The van der Waals surface area contributed by atoms with Gasteiger partial charge in [-0.3, -0.25) is 9.59 Å². The van der Waals surface area contributed by atoms with Crippen LogP contribution in [0.3, 0.4) is 0 Å². The summed E-state index contributed by atoms with van der Waals surface area (Å²) in [5.74, 6) is 0.313. The SMILES string of the molecule is O=C(NC[C@@H]1CCCN2CCCC[C@H]12)[C@@H]1CC(=O)N(c2ccc(Cl)cc2)C1. The third-order valence-electron chi connectivity index (χ3n) is 6.40. The molecule has 3 heterocycles. The minimum absolute atomic E-state index is 0.00796. The van der Waals surface area contributed by atoms with Crippen molar-refractivity contribution in [3.63, 3.8) is 0 Å². The summed E-state index contributed by atoms with van der Waals surface area (Å²) in [7, 11) is 0. The van der Waals surface area contributed by atoms with Gasteiger partial charge >= 0.3 is 0 Å². The van der Waals surface area contributed by atoms with E-state index >= 15 is 0 Å². The van der Waals surface area contributed by atoms with Crippen LogP contribution in [0.1, 0.15) is 38.5 Å². The molecule has 3 aliphatic heterocycles. The molecule has 5 nitrogen and oxygen atoms in total. The number of nitrogens with zero attached hydrogens (tertiary/aromatic N) is 2. The van der Waals surface area contributed by atoms with Gasteiger partial charge in [0, 0.05) is 36.3 Å². The molecule has 0 radical (unpaired) electrons. The monoisotopic (exact) mass is 389 g/mol. The molecule has 3 fully saturated rings. The van der Waals surface area contributed by atoms with Crippen LogP contribution in [0.2, 0.25) is 5.02 Å². The van der Waals surface area contributed by atoms with Crippen LogP contribution in [0.4, 0.5) is 5.69 Å². The average Bonchev–Trinajstić information content (AvgIpc) is 3.08. The second-order valence-electron chi connectivity index (χ2n) is 8.13. The molecular weight excluding hydrogens is 362 g/mol. The molecule has 1 N–H and O–H groups in total.